The van der Waals surface area contributed by atoms with Crippen molar-refractivity contribution in [3.05, 3.63) is 42.0 Å². The van der Waals surface area contributed by atoms with Crippen molar-refractivity contribution in [3.8, 4) is 0 Å². The summed E-state index contributed by atoms with van der Waals surface area (Å²) in [6.07, 6.45) is 1.29. The van der Waals surface area contributed by atoms with Crippen LogP contribution in [0.4, 0.5) is 5.69 Å². The number of carbonyl (C=O) groups is 6. The van der Waals surface area contributed by atoms with Crippen molar-refractivity contribution >= 4 is 41.2 Å². The molecule has 5 amide bonds. The van der Waals surface area contributed by atoms with Gasteiger partial charge in [0.1, 0.15) is 24.7 Å². The maximum Gasteiger partial charge on any atom is 0.308 e. The highest BCUT2D eigenvalue weighted by Gasteiger charge is 2.37. The summed E-state index contributed by atoms with van der Waals surface area (Å²) >= 11 is 0. The van der Waals surface area contributed by atoms with Gasteiger partial charge in [0.25, 0.3) is 11.8 Å². The summed E-state index contributed by atoms with van der Waals surface area (Å²) in [5, 5.41) is 19.9. The Morgan fingerprint density at radius 1 is 0.932 bits per heavy atom. The van der Waals surface area contributed by atoms with Crippen LogP contribution >= 0.6 is 0 Å². The lowest BCUT2D eigenvalue weighted by atomic mass is 10.0. The number of aliphatic hydroxyl groups excluding tert-OH is 1. The molecule has 1 aliphatic heterocycles. The van der Waals surface area contributed by atoms with Crippen molar-refractivity contribution in [2.24, 2.45) is 23.3 Å². The molecule has 15 nitrogen and oxygen atoms in total. The van der Waals surface area contributed by atoms with Crippen molar-refractivity contribution in [1.29, 1.82) is 0 Å². The molecule has 4 atom stereocenters. The van der Waals surface area contributed by atoms with Crippen molar-refractivity contribution in [2.75, 3.05) is 18.4 Å². The smallest absolute Gasteiger partial charge is 0.308 e. The number of ether oxygens (including phenoxy) is 1. The number of hydrogen-bond donors (Lipinski definition) is 7. The third kappa shape index (κ3) is 10.8. The molecule has 1 heterocycles. The second-order valence-electron chi connectivity index (χ2n) is 10.9. The van der Waals surface area contributed by atoms with E-state index in [0.717, 1.165) is 17.1 Å². The minimum atomic E-state index is -1.33. The van der Waals surface area contributed by atoms with Crippen LogP contribution in [0, 0.1) is 11.8 Å². The third-order valence-corrected chi connectivity index (χ3v) is 6.66. The Kier molecular flexibility index (Phi) is 14.1. The van der Waals surface area contributed by atoms with Gasteiger partial charge in [0.15, 0.2) is 6.35 Å². The zero-order valence-electron chi connectivity index (χ0n) is 25.4. The molecule has 0 radical (unpaired) electrons. The van der Waals surface area contributed by atoms with Crippen LogP contribution in [0.5, 0.6) is 0 Å². The number of aliphatic hydroxyl groups is 1. The van der Waals surface area contributed by atoms with Gasteiger partial charge in [-0.2, -0.15) is 0 Å². The molecule has 1 aromatic rings. The standard InChI is InChI=1S/C29H43N7O8/c1-16(2)24(35-26(40)21(14-30)36-22(37)11-12-23(36)38)27(41)34-20(6-5-13-32-29(31)43)25(39)33-19-9-7-18(8-10-19)15-44-28(42)17(3)4/h7-12,16-17,20-21,24,29,32,43H,5-6,13-15,30-31H2,1-4H3,(H,33,39)(H,34,41)(H,35,40). The molecular weight excluding hydrogens is 574 g/mol. The average Bonchev–Trinajstić information content (AvgIpc) is 3.29. The van der Waals surface area contributed by atoms with Gasteiger partial charge in [-0.1, -0.05) is 39.8 Å². The van der Waals surface area contributed by atoms with Crippen LogP contribution in [-0.4, -0.2) is 83.1 Å². The molecule has 15 heteroatoms. The summed E-state index contributed by atoms with van der Waals surface area (Å²) in [4.78, 5) is 76.4. The SMILES string of the molecule is CC(C)C(=O)OCc1ccc(NC(=O)C(CCCNC(N)O)NC(=O)C(NC(=O)C(CN)N2C(=O)C=CC2=O)C(C)C)cc1. The summed E-state index contributed by atoms with van der Waals surface area (Å²) in [6.45, 7) is 6.78. The van der Waals surface area contributed by atoms with E-state index < -0.39 is 59.9 Å². The Hall–Kier alpha value is -4.18. The Balaban J connectivity index is 2.13. The van der Waals surface area contributed by atoms with Gasteiger partial charge < -0.3 is 31.5 Å². The number of nitrogens with one attached hydrogen (secondary N) is 4. The highest BCUT2D eigenvalue weighted by Crippen LogP contribution is 2.14. The van der Waals surface area contributed by atoms with E-state index in [0.29, 0.717) is 17.7 Å². The number of rotatable bonds is 17. The van der Waals surface area contributed by atoms with E-state index >= 15 is 0 Å². The molecule has 0 bridgehead atoms. The van der Waals surface area contributed by atoms with E-state index in [9.17, 15) is 33.9 Å². The van der Waals surface area contributed by atoms with Crippen LogP contribution in [0.2, 0.25) is 0 Å². The van der Waals surface area contributed by atoms with Crippen LogP contribution in [-0.2, 0) is 40.1 Å². The molecule has 242 valence electrons. The topological polar surface area (TPSA) is 235 Å². The summed E-state index contributed by atoms with van der Waals surface area (Å²) in [5.41, 5.74) is 12.1. The Bertz CT molecular complexity index is 1200. The predicted molar refractivity (Wildman–Crippen MR) is 160 cm³/mol. The summed E-state index contributed by atoms with van der Waals surface area (Å²) in [5.74, 6) is -4.43. The first-order chi connectivity index (χ1) is 20.7. The number of imide groups is 1. The molecule has 0 aromatic heterocycles. The molecular formula is C29H43N7O8. The lowest BCUT2D eigenvalue weighted by molar-refractivity contribution is -0.148. The maximum atomic E-state index is 13.4. The highest BCUT2D eigenvalue weighted by atomic mass is 16.5. The van der Waals surface area contributed by atoms with E-state index in [2.05, 4.69) is 21.3 Å². The van der Waals surface area contributed by atoms with Gasteiger partial charge in [0.05, 0.1) is 5.92 Å². The number of carbonyl (C=O) groups excluding carboxylic acids is 6. The second kappa shape index (κ2) is 17.2. The average molecular weight is 618 g/mol. The highest BCUT2D eigenvalue weighted by molar-refractivity contribution is 6.15. The molecule has 0 saturated heterocycles. The number of anilines is 1. The van der Waals surface area contributed by atoms with Gasteiger partial charge in [-0.3, -0.25) is 44.7 Å². The number of nitrogens with zero attached hydrogens (tertiary/aromatic N) is 1. The zero-order valence-corrected chi connectivity index (χ0v) is 25.4. The number of amides is 5. The molecule has 4 unspecified atom stereocenters. The summed E-state index contributed by atoms with van der Waals surface area (Å²) < 4.78 is 5.21. The van der Waals surface area contributed by atoms with E-state index in [1.54, 1.807) is 52.0 Å². The first-order valence-corrected chi connectivity index (χ1v) is 14.3. The lowest BCUT2D eigenvalue weighted by Crippen LogP contribution is -2.60. The van der Waals surface area contributed by atoms with Gasteiger partial charge >= 0.3 is 5.97 Å². The van der Waals surface area contributed by atoms with E-state index in [1.807, 2.05) is 0 Å². The van der Waals surface area contributed by atoms with Gasteiger partial charge in [-0.05, 0) is 43.0 Å². The van der Waals surface area contributed by atoms with Gasteiger partial charge in [-0.25, -0.2) is 0 Å². The van der Waals surface area contributed by atoms with E-state index in [1.165, 1.54) is 0 Å². The largest absolute Gasteiger partial charge is 0.461 e. The Labute approximate surface area is 256 Å². The fraction of sp³-hybridized carbons (Fsp3) is 0.517. The van der Waals surface area contributed by atoms with Gasteiger partial charge in [0, 0.05) is 24.4 Å². The van der Waals surface area contributed by atoms with Crippen molar-refractivity contribution in [1.82, 2.24) is 20.9 Å². The number of esters is 1. The fourth-order valence-electron chi connectivity index (χ4n) is 4.15. The molecule has 1 aromatic carbocycles. The monoisotopic (exact) mass is 617 g/mol. The first kappa shape index (κ1) is 36.0. The minimum Gasteiger partial charge on any atom is -0.461 e. The predicted octanol–water partition coefficient (Wildman–Crippen LogP) is -1.19. The first-order valence-electron chi connectivity index (χ1n) is 14.3. The second-order valence-corrected chi connectivity index (χ2v) is 10.9. The molecule has 2 rings (SSSR count). The Morgan fingerprint density at radius 2 is 1.55 bits per heavy atom. The number of hydrogen-bond acceptors (Lipinski definition) is 11. The van der Waals surface area contributed by atoms with E-state index in [-0.39, 0.29) is 38.0 Å². The lowest BCUT2D eigenvalue weighted by Gasteiger charge is -2.29. The quantitative estimate of drug-likeness (QED) is 0.0475. The Morgan fingerprint density at radius 3 is 2.07 bits per heavy atom. The normalized spacial score (nSPS) is 15.6. The van der Waals surface area contributed by atoms with E-state index in [4.69, 9.17) is 16.2 Å². The van der Waals surface area contributed by atoms with Gasteiger partial charge in [0.2, 0.25) is 17.7 Å². The van der Waals surface area contributed by atoms with Crippen LogP contribution in [0.1, 0.15) is 46.1 Å². The van der Waals surface area contributed by atoms with Crippen LogP contribution in [0.15, 0.2) is 36.4 Å². The molecule has 0 aliphatic carbocycles. The zero-order chi connectivity index (χ0) is 33.0. The van der Waals surface area contributed by atoms with Gasteiger partial charge in [-0.15, -0.1) is 0 Å². The number of nitrogens with two attached hydrogens (primary N) is 2. The van der Waals surface area contributed by atoms with Crippen LogP contribution < -0.4 is 32.7 Å². The molecule has 9 N–H and O–H groups in total. The molecule has 0 saturated carbocycles. The minimum absolute atomic E-state index is 0.0772. The fourth-order valence-corrected chi connectivity index (χ4v) is 4.15. The maximum absolute atomic E-state index is 13.4. The van der Waals surface area contributed by atoms with Crippen molar-refractivity contribution < 1.29 is 38.6 Å². The molecule has 44 heavy (non-hydrogen) atoms. The van der Waals surface area contributed by atoms with Crippen molar-refractivity contribution in [2.45, 2.75) is 71.6 Å². The molecule has 1 aliphatic rings. The summed E-state index contributed by atoms with van der Waals surface area (Å²) in [7, 11) is 0. The van der Waals surface area contributed by atoms with Crippen LogP contribution in [0.3, 0.4) is 0 Å². The molecule has 0 fully saturated rings. The summed E-state index contributed by atoms with van der Waals surface area (Å²) in [6, 6.07) is 3.11. The van der Waals surface area contributed by atoms with Crippen LogP contribution in [0.25, 0.3) is 0 Å². The third-order valence-electron chi connectivity index (χ3n) is 6.66. The van der Waals surface area contributed by atoms with Crippen molar-refractivity contribution in [3.63, 3.8) is 0 Å². The molecule has 0 spiro atoms. The number of benzene rings is 1.